The molecule has 0 unspecified atom stereocenters. The van der Waals surface area contributed by atoms with Gasteiger partial charge in [0.2, 0.25) is 5.89 Å². The highest BCUT2D eigenvalue weighted by Gasteiger charge is 2.10. The number of aromatic nitrogens is 2. The Morgan fingerprint density at radius 1 is 1.33 bits per heavy atom. The summed E-state index contributed by atoms with van der Waals surface area (Å²) in [7, 11) is 3.79. The summed E-state index contributed by atoms with van der Waals surface area (Å²) < 4.78 is 5.53. The summed E-state index contributed by atoms with van der Waals surface area (Å²) in [4.78, 5) is 1.95. The number of rotatable bonds is 5. The number of hydrogen-bond acceptors (Lipinski definition) is 5. The molecule has 0 saturated carbocycles. The molecule has 0 aliphatic heterocycles. The van der Waals surface area contributed by atoms with Crippen molar-refractivity contribution in [1.29, 1.82) is 0 Å². The molecular formula is C13H18N4O. The maximum atomic E-state index is 5.53. The molecular weight excluding hydrogens is 228 g/mol. The van der Waals surface area contributed by atoms with E-state index < -0.39 is 0 Å². The van der Waals surface area contributed by atoms with Crippen molar-refractivity contribution in [3.8, 4) is 0 Å². The molecule has 5 heteroatoms. The molecule has 0 aliphatic carbocycles. The average molecular weight is 246 g/mol. The highest BCUT2D eigenvalue weighted by molar-refractivity contribution is 5.29. The van der Waals surface area contributed by atoms with Gasteiger partial charge in [-0.15, -0.1) is 5.10 Å². The van der Waals surface area contributed by atoms with Gasteiger partial charge < -0.3 is 14.6 Å². The molecule has 0 bridgehead atoms. The van der Waals surface area contributed by atoms with Crippen LogP contribution in [0.3, 0.4) is 0 Å². The van der Waals surface area contributed by atoms with E-state index in [0.29, 0.717) is 18.5 Å². The molecule has 1 aromatic heterocycles. The van der Waals surface area contributed by atoms with E-state index in [2.05, 4.69) is 46.7 Å². The van der Waals surface area contributed by atoms with Crippen LogP contribution in [0.15, 0.2) is 28.7 Å². The van der Waals surface area contributed by atoms with Gasteiger partial charge in [-0.25, -0.2) is 0 Å². The molecule has 1 aromatic carbocycles. The van der Waals surface area contributed by atoms with Crippen LogP contribution < -0.4 is 10.2 Å². The van der Waals surface area contributed by atoms with E-state index in [0.717, 1.165) is 6.54 Å². The van der Waals surface area contributed by atoms with E-state index in [9.17, 15) is 0 Å². The van der Waals surface area contributed by atoms with Crippen LogP contribution in [-0.2, 0) is 13.1 Å². The van der Waals surface area contributed by atoms with Gasteiger partial charge in [0.15, 0.2) is 0 Å². The maximum Gasteiger partial charge on any atom is 0.318 e. The first-order chi connectivity index (χ1) is 8.69. The summed E-state index contributed by atoms with van der Waals surface area (Å²) in [5.74, 6) is 0.601. The van der Waals surface area contributed by atoms with Crippen molar-refractivity contribution < 1.29 is 4.42 Å². The summed E-state index contributed by atoms with van der Waals surface area (Å²) >= 11 is 0. The third kappa shape index (κ3) is 3.07. The summed E-state index contributed by atoms with van der Waals surface area (Å²) in [6.45, 7) is 3.43. The SMILES string of the molecule is CNCc1nnc(N(C)Cc2cccc(C)c2)o1. The molecule has 0 fully saturated rings. The van der Waals surface area contributed by atoms with Crippen molar-refractivity contribution in [3.63, 3.8) is 0 Å². The monoisotopic (exact) mass is 246 g/mol. The van der Waals surface area contributed by atoms with Crippen molar-refractivity contribution >= 4 is 6.01 Å². The summed E-state index contributed by atoms with van der Waals surface area (Å²) in [5, 5.41) is 11.0. The summed E-state index contributed by atoms with van der Waals surface area (Å²) in [5.41, 5.74) is 2.48. The Morgan fingerprint density at radius 3 is 2.89 bits per heavy atom. The van der Waals surface area contributed by atoms with Crippen molar-refractivity contribution in [2.75, 3.05) is 19.0 Å². The highest BCUT2D eigenvalue weighted by Crippen LogP contribution is 2.14. The summed E-state index contributed by atoms with van der Waals surface area (Å²) in [6.07, 6.45) is 0. The Balaban J connectivity index is 2.04. The molecule has 2 rings (SSSR count). The largest absolute Gasteiger partial charge is 0.407 e. The summed E-state index contributed by atoms with van der Waals surface area (Å²) in [6, 6.07) is 8.93. The minimum absolute atomic E-state index is 0.543. The van der Waals surface area contributed by atoms with Crippen LogP contribution in [0.5, 0.6) is 0 Å². The Hall–Kier alpha value is -1.88. The zero-order valence-corrected chi connectivity index (χ0v) is 11.0. The molecule has 0 spiro atoms. The molecule has 1 heterocycles. The topological polar surface area (TPSA) is 54.2 Å². The molecule has 0 amide bonds. The predicted octanol–water partition coefficient (Wildman–Crippen LogP) is 1.73. The molecule has 18 heavy (non-hydrogen) atoms. The first kappa shape index (κ1) is 12.6. The molecule has 5 nitrogen and oxygen atoms in total. The first-order valence-electron chi connectivity index (χ1n) is 5.92. The number of anilines is 1. The Labute approximate surface area is 107 Å². The number of benzene rings is 1. The van der Waals surface area contributed by atoms with Gasteiger partial charge in [0.05, 0.1) is 6.54 Å². The lowest BCUT2D eigenvalue weighted by atomic mass is 10.1. The van der Waals surface area contributed by atoms with Gasteiger partial charge in [0.25, 0.3) is 0 Å². The normalized spacial score (nSPS) is 10.6. The molecule has 0 saturated heterocycles. The number of nitrogens with one attached hydrogen (secondary N) is 1. The van der Waals surface area contributed by atoms with Crippen LogP contribution in [0.25, 0.3) is 0 Å². The van der Waals surface area contributed by atoms with E-state index in [1.807, 2.05) is 19.0 Å². The van der Waals surface area contributed by atoms with E-state index in [-0.39, 0.29) is 0 Å². The molecule has 0 atom stereocenters. The van der Waals surface area contributed by atoms with Gasteiger partial charge in [-0.1, -0.05) is 34.9 Å². The third-order valence-corrected chi connectivity index (χ3v) is 2.61. The molecule has 1 N–H and O–H groups in total. The van der Waals surface area contributed by atoms with Crippen LogP contribution in [-0.4, -0.2) is 24.3 Å². The molecule has 96 valence electrons. The average Bonchev–Trinajstić information content (AvgIpc) is 2.78. The third-order valence-electron chi connectivity index (χ3n) is 2.61. The zero-order chi connectivity index (χ0) is 13.0. The minimum atomic E-state index is 0.543. The second-order valence-electron chi connectivity index (χ2n) is 4.35. The lowest BCUT2D eigenvalue weighted by Gasteiger charge is -2.14. The van der Waals surface area contributed by atoms with E-state index >= 15 is 0 Å². The number of nitrogens with zero attached hydrogens (tertiary/aromatic N) is 3. The Morgan fingerprint density at radius 2 is 2.17 bits per heavy atom. The van der Waals surface area contributed by atoms with Crippen LogP contribution in [0.2, 0.25) is 0 Å². The molecule has 0 aliphatic rings. The van der Waals surface area contributed by atoms with E-state index in [4.69, 9.17) is 4.42 Å². The minimum Gasteiger partial charge on any atom is -0.407 e. The van der Waals surface area contributed by atoms with Gasteiger partial charge in [0, 0.05) is 13.6 Å². The van der Waals surface area contributed by atoms with E-state index in [1.165, 1.54) is 11.1 Å². The van der Waals surface area contributed by atoms with Crippen LogP contribution in [0.1, 0.15) is 17.0 Å². The first-order valence-corrected chi connectivity index (χ1v) is 5.92. The molecule has 2 aromatic rings. The Bertz CT molecular complexity index is 509. The van der Waals surface area contributed by atoms with Crippen LogP contribution in [0.4, 0.5) is 6.01 Å². The van der Waals surface area contributed by atoms with Gasteiger partial charge in [-0.2, -0.15) is 0 Å². The van der Waals surface area contributed by atoms with Gasteiger partial charge in [0.1, 0.15) is 0 Å². The standard InChI is InChI=1S/C13H18N4O/c1-10-5-4-6-11(7-10)9-17(3)13-16-15-12(18-13)8-14-2/h4-7,14H,8-9H2,1-3H3. The fraction of sp³-hybridized carbons (Fsp3) is 0.385. The van der Waals surface area contributed by atoms with Crippen LogP contribution in [0, 0.1) is 6.92 Å². The van der Waals surface area contributed by atoms with E-state index in [1.54, 1.807) is 0 Å². The fourth-order valence-electron chi connectivity index (χ4n) is 1.77. The predicted molar refractivity (Wildman–Crippen MR) is 70.3 cm³/mol. The Kier molecular flexibility index (Phi) is 3.94. The van der Waals surface area contributed by atoms with Gasteiger partial charge >= 0.3 is 6.01 Å². The van der Waals surface area contributed by atoms with Crippen molar-refractivity contribution in [2.24, 2.45) is 0 Å². The number of aryl methyl sites for hydroxylation is 1. The lowest BCUT2D eigenvalue weighted by molar-refractivity contribution is 0.475. The lowest BCUT2D eigenvalue weighted by Crippen LogP contribution is -2.16. The zero-order valence-electron chi connectivity index (χ0n) is 11.0. The maximum absolute atomic E-state index is 5.53. The quantitative estimate of drug-likeness (QED) is 0.870. The second-order valence-corrected chi connectivity index (χ2v) is 4.35. The smallest absolute Gasteiger partial charge is 0.318 e. The van der Waals surface area contributed by atoms with Crippen LogP contribution >= 0.6 is 0 Å². The van der Waals surface area contributed by atoms with Gasteiger partial charge in [-0.05, 0) is 19.5 Å². The van der Waals surface area contributed by atoms with Crippen molar-refractivity contribution in [1.82, 2.24) is 15.5 Å². The highest BCUT2D eigenvalue weighted by atomic mass is 16.4. The van der Waals surface area contributed by atoms with Crippen molar-refractivity contribution in [3.05, 3.63) is 41.3 Å². The number of hydrogen-bond donors (Lipinski definition) is 1. The second kappa shape index (κ2) is 5.64. The van der Waals surface area contributed by atoms with Crippen molar-refractivity contribution in [2.45, 2.75) is 20.0 Å². The van der Waals surface area contributed by atoms with Gasteiger partial charge in [-0.3, -0.25) is 0 Å². The molecule has 0 radical (unpaired) electrons. The fourth-order valence-corrected chi connectivity index (χ4v) is 1.77.